The Labute approximate surface area is 112 Å². The quantitative estimate of drug-likeness (QED) is 0.911. The van der Waals surface area contributed by atoms with Gasteiger partial charge in [0.2, 0.25) is 0 Å². The second kappa shape index (κ2) is 6.50. The normalized spacial score (nSPS) is 19.2. The van der Waals surface area contributed by atoms with Crippen molar-refractivity contribution in [1.29, 1.82) is 0 Å². The van der Waals surface area contributed by atoms with E-state index in [4.69, 9.17) is 0 Å². The molecule has 3 heteroatoms. The zero-order valence-electron chi connectivity index (χ0n) is 10.5. The Morgan fingerprint density at radius 3 is 2.82 bits per heavy atom. The minimum Gasteiger partial charge on any atom is -0.310 e. The zero-order chi connectivity index (χ0) is 12.1. The third kappa shape index (κ3) is 4.07. The molecule has 0 saturated heterocycles. The molecule has 1 aromatic heterocycles. The molecule has 0 bridgehead atoms. The lowest BCUT2D eigenvalue weighted by molar-refractivity contribution is 0.280. The third-order valence-electron chi connectivity index (χ3n) is 3.75. The lowest BCUT2D eigenvalue weighted by Gasteiger charge is -2.28. The minimum absolute atomic E-state index is 0.620. The van der Waals surface area contributed by atoms with E-state index in [-0.39, 0.29) is 0 Å². The summed E-state index contributed by atoms with van der Waals surface area (Å²) in [6.07, 6.45) is 10.8. The average Bonchev–Trinajstić information content (AvgIpc) is 2.37. The van der Waals surface area contributed by atoms with Crippen molar-refractivity contribution in [3.63, 3.8) is 0 Å². The van der Waals surface area contributed by atoms with Crippen molar-refractivity contribution in [2.24, 2.45) is 5.92 Å². The van der Waals surface area contributed by atoms with E-state index in [1.54, 1.807) is 0 Å². The summed E-state index contributed by atoms with van der Waals surface area (Å²) in [5.74, 6) is 0.865. The maximum Gasteiger partial charge on any atom is 0.0410 e. The largest absolute Gasteiger partial charge is 0.310 e. The number of halogens is 1. The van der Waals surface area contributed by atoms with Gasteiger partial charge in [0, 0.05) is 29.5 Å². The van der Waals surface area contributed by atoms with Crippen molar-refractivity contribution in [1.82, 2.24) is 10.3 Å². The Hall–Kier alpha value is -0.410. The molecule has 17 heavy (non-hydrogen) atoms. The molecule has 2 nitrogen and oxygen atoms in total. The first-order valence-corrected chi connectivity index (χ1v) is 7.38. The Bertz CT molecular complexity index is 348. The van der Waals surface area contributed by atoms with Gasteiger partial charge in [0.25, 0.3) is 0 Å². The molecule has 1 atom stereocenters. The molecule has 1 N–H and O–H groups in total. The lowest BCUT2D eigenvalue weighted by Crippen LogP contribution is -2.34. The van der Waals surface area contributed by atoms with Gasteiger partial charge in [0.05, 0.1) is 0 Å². The van der Waals surface area contributed by atoms with Crippen molar-refractivity contribution >= 4 is 15.9 Å². The number of nitrogens with one attached hydrogen (secondary N) is 1. The highest BCUT2D eigenvalue weighted by atomic mass is 79.9. The molecule has 2 rings (SSSR count). The lowest BCUT2D eigenvalue weighted by atomic mass is 9.84. The summed E-state index contributed by atoms with van der Waals surface area (Å²) in [5, 5.41) is 3.64. The van der Waals surface area contributed by atoms with E-state index in [2.05, 4.69) is 39.2 Å². The zero-order valence-corrected chi connectivity index (χ0v) is 12.0. The Morgan fingerprint density at radius 1 is 1.35 bits per heavy atom. The van der Waals surface area contributed by atoms with E-state index >= 15 is 0 Å². The van der Waals surface area contributed by atoms with Gasteiger partial charge >= 0.3 is 0 Å². The van der Waals surface area contributed by atoms with Crippen LogP contribution in [0.4, 0.5) is 0 Å². The molecule has 0 unspecified atom stereocenters. The van der Waals surface area contributed by atoms with Crippen LogP contribution in [0.1, 0.15) is 44.6 Å². The highest BCUT2D eigenvalue weighted by Gasteiger charge is 2.19. The van der Waals surface area contributed by atoms with Crippen molar-refractivity contribution < 1.29 is 0 Å². The van der Waals surface area contributed by atoms with Crippen LogP contribution in [0.2, 0.25) is 0 Å². The number of rotatable bonds is 4. The molecular weight excluding hydrogens is 276 g/mol. The summed E-state index contributed by atoms with van der Waals surface area (Å²) in [6, 6.07) is 2.75. The molecule has 1 aliphatic rings. The molecule has 1 saturated carbocycles. The van der Waals surface area contributed by atoms with Crippen LogP contribution in [0.3, 0.4) is 0 Å². The van der Waals surface area contributed by atoms with E-state index in [1.165, 1.54) is 37.7 Å². The van der Waals surface area contributed by atoms with Gasteiger partial charge in [-0.3, -0.25) is 4.98 Å². The van der Waals surface area contributed by atoms with Crippen molar-refractivity contribution in [3.05, 3.63) is 28.5 Å². The Morgan fingerprint density at radius 2 is 2.12 bits per heavy atom. The van der Waals surface area contributed by atoms with Gasteiger partial charge in [-0.1, -0.05) is 19.3 Å². The topological polar surface area (TPSA) is 24.9 Å². The molecule has 0 amide bonds. The van der Waals surface area contributed by atoms with Gasteiger partial charge in [-0.15, -0.1) is 0 Å². The van der Waals surface area contributed by atoms with Crippen LogP contribution in [-0.2, 0) is 6.54 Å². The fourth-order valence-corrected chi connectivity index (χ4v) is 3.04. The van der Waals surface area contributed by atoms with E-state index < -0.39 is 0 Å². The summed E-state index contributed by atoms with van der Waals surface area (Å²) in [5.41, 5.74) is 1.25. The van der Waals surface area contributed by atoms with Crippen LogP contribution in [0.15, 0.2) is 22.9 Å². The third-order valence-corrected chi connectivity index (χ3v) is 4.18. The number of nitrogens with zero attached hydrogens (tertiary/aromatic N) is 1. The van der Waals surface area contributed by atoms with Gasteiger partial charge in [-0.05, 0) is 53.2 Å². The highest BCUT2D eigenvalue weighted by molar-refractivity contribution is 9.10. The second-order valence-electron chi connectivity index (χ2n) is 5.08. The molecule has 1 aromatic rings. The summed E-state index contributed by atoms with van der Waals surface area (Å²) in [7, 11) is 0. The molecule has 94 valence electrons. The van der Waals surface area contributed by atoms with Crippen molar-refractivity contribution in [3.8, 4) is 0 Å². The van der Waals surface area contributed by atoms with E-state index in [0.717, 1.165) is 16.9 Å². The smallest absolute Gasteiger partial charge is 0.0410 e. The number of hydrogen-bond acceptors (Lipinski definition) is 2. The van der Waals surface area contributed by atoms with Gasteiger partial charge < -0.3 is 5.32 Å². The van der Waals surface area contributed by atoms with E-state index in [0.29, 0.717) is 6.04 Å². The average molecular weight is 297 g/mol. The monoisotopic (exact) mass is 296 g/mol. The molecule has 0 aliphatic heterocycles. The molecule has 1 fully saturated rings. The first-order valence-electron chi connectivity index (χ1n) is 6.58. The van der Waals surface area contributed by atoms with Gasteiger partial charge in [-0.25, -0.2) is 0 Å². The Balaban J connectivity index is 1.80. The second-order valence-corrected chi connectivity index (χ2v) is 5.99. The molecule has 0 aromatic carbocycles. The highest BCUT2D eigenvalue weighted by Crippen LogP contribution is 2.26. The molecule has 0 radical (unpaired) electrons. The van der Waals surface area contributed by atoms with Crippen LogP contribution in [-0.4, -0.2) is 11.0 Å². The summed E-state index contributed by atoms with van der Waals surface area (Å²) < 4.78 is 1.06. The summed E-state index contributed by atoms with van der Waals surface area (Å²) in [6.45, 7) is 3.24. The molecular formula is C14H21BrN2. The fourth-order valence-electron chi connectivity index (χ4n) is 2.63. The molecule has 0 spiro atoms. The van der Waals surface area contributed by atoms with Crippen LogP contribution in [0, 0.1) is 5.92 Å². The standard InChI is InChI=1S/C14H21BrN2/c1-11(13-5-3-2-4-6-13)17-9-12-7-14(15)10-16-8-12/h7-8,10-11,13,17H,2-6,9H2,1H3/t11-/m0/s1. The SMILES string of the molecule is C[C@H](NCc1cncc(Br)c1)C1CCCCC1. The number of hydrogen-bond donors (Lipinski definition) is 1. The molecule has 1 heterocycles. The predicted molar refractivity (Wildman–Crippen MR) is 74.8 cm³/mol. The fraction of sp³-hybridized carbons (Fsp3) is 0.643. The van der Waals surface area contributed by atoms with Gasteiger partial charge in [0.15, 0.2) is 0 Å². The number of aromatic nitrogens is 1. The van der Waals surface area contributed by atoms with Gasteiger partial charge in [0.1, 0.15) is 0 Å². The van der Waals surface area contributed by atoms with E-state index in [9.17, 15) is 0 Å². The maximum atomic E-state index is 4.19. The first-order chi connectivity index (χ1) is 8.25. The predicted octanol–water partition coefficient (Wildman–Crippen LogP) is 3.90. The molecule has 1 aliphatic carbocycles. The van der Waals surface area contributed by atoms with Gasteiger partial charge in [-0.2, -0.15) is 0 Å². The van der Waals surface area contributed by atoms with Crippen LogP contribution in [0.25, 0.3) is 0 Å². The number of pyridine rings is 1. The first kappa shape index (κ1) is 13.0. The Kier molecular flexibility index (Phi) is 4.99. The van der Waals surface area contributed by atoms with Crippen LogP contribution >= 0.6 is 15.9 Å². The van der Waals surface area contributed by atoms with Crippen molar-refractivity contribution in [2.75, 3.05) is 0 Å². The van der Waals surface area contributed by atoms with Crippen LogP contribution < -0.4 is 5.32 Å². The maximum absolute atomic E-state index is 4.19. The van der Waals surface area contributed by atoms with E-state index in [1.807, 2.05) is 12.4 Å². The minimum atomic E-state index is 0.620. The summed E-state index contributed by atoms with van der Waals surface area (Å²) >= 11 is 3.46. The summed E-state index contributed by atoms with van der Waals surface area (Å²) in [4.78, 5) is 4.19. The van der Waals surface area contributed by atoms with Crippen molar-refractivity contribution in [2.45, 2.75) is 51.6 Å². The van der Waals surface area contributed by atoms with Crippen LogP contribution in [0.5, 0.6) is 0 Å².